The Kier molecular flexibility index (Phi) is 1.35. The summed E-state index contributed by atoms with van der Waals surface area (Å²) in [5, 5.41) is 3.13. The molecule has 1 aliphatic heterocycles. The highest BCUT2D eigenvalue weighted by molar-refractivity contribution is 9.10. The molecule has 0 unspecified atom stereocenters. The average molecular weight is 328 g/mol. The molecule has 7 rings (SSSR count). The van der Waals surface area contributed by atoms with Gasteiger partial charge in [0.05, 0.1) is 30.2 Å². The molecule has 0 aromatic rings. The maximum absolute atomic E-state index is 11.6. The van der Waals surface area contributed by atoms with E-state index in [2.05, 4.69) is 21.2 Å². The van der Waals surface area contributed by atoms with Gasteiger partial charge in [0.1, 0.15) is 0 Å². The predicted octanol–water partition coefficient (Wildman–Crippen LogP) is 0.723. The van der Waals surface area contributed by atoms with Crippen molar-refractivity contribution >= 4 is 22.0 Å². The first-order chi connectivity index (χ1) is 9.14. The Morgan fingerprint density at radius 2 is 1.74 bits per heavy atom. The van der Waals surface area contributed by atoms with Crippen molar-refractivity contribution in [2.24, 2.45) is 35.5 Å². The Morgan fingerprint density at radius 3 is 2.32 bits per heavy atom. The normalized spacial score (nSPS) is 66.6. The van der Waals surface area contributed by atoms with E-state index >= 15 is 0 Å². The van der Waals surface area contributed by atoms with Crippen molar-refractivity contribution in [2.75, 3.05) is 20.3 Å². The summed E-state index contributed by atoms with van der Waals surface area (Å²) < 4.78 is 17.0. The number of hydrogen-bond donors (Lipinski definition) is 1. The van der Waals surface area contributed by atoms with Gasteiger partial charge in [0, 0.05) is 5.92 Å². The fourth-order valence-electron chi connectivity index (χ4n) is 7.10. The lowest BCUT2D eigenvalue weighted by Gasteiger charge is -2.91. The summed E-state index contributed by atoms with van der Waals surface area (Å²) in [5.74, 6) is 2.95. The van der Waals surface area contributed by atoms with Gasteiger partial charge < -0.3 is 19.5 Å². The first-order valence-corrected chi connectivity index (χ1v) is 7.77. The summed E-state index contributed by atoms with van der Waals surface area (Å²) >= 11 is 3.99. The van der Waals surface area contributed by atoms with Crippen LogP contribution >= 0.6 is 15.9 Å². The third kappa shape index (κ3) is 0.605. The van der Waals surface area contributed by atoms with Crippen molar-refractivity contribution in [1.29, 1.82) is 0 Å². The minimum absolute atomic E-state index is 0.0170. The second-order valence-corrected chi connectivity index (χ2v) is 8.15. The number of alkyl carbamates (subject to hydrolysis) is 1. The lowest BCUT2D eigenvalue weighted by atomic mass is 9.16. The lowest BCUT2D eigenvalue weighted by molar-refractivity contribution is -0.391. The molecule has 2 bridgehead atoms. The highest BCUT2D eigenvalue weighted by Gasteiger charge is 3.09. The standard InChI is InChI=1S/C13H14BrNO4/c1-17-10(16)15-11-4-7-5(11)9-6(11)8(4)12(7,14)13(9)18-2-3-19-13/h4-9H,2-3H2,1H3,(H,15,16)/t4?,5-,6-,7+,8+,9?,11?,12?/m0/s1. The van der Waals surface area contributed by atoms with Crippen LogP contribution in [0.2, 0.25) is 0 Å². The van der Waals surface area contributed by atoms with Crippen LogP contribution in [0.15, 0.2) is 0 Å². The van der Waals surface area contributed by atoms with Crippen LogP contribution in [0.4, 0.5) is 4.79 Å². The molecule has 0 aromatic carbocycles. The number of carbonyl (C=O) groups is 1. The van der Waals surface area contributed by atoms with Gasteiger partial charge in [-0.15, -0.1) is 0 Å². The summed E-state index contributed by atoms with van der Waals surface area (Å²) in [4.78, 5) is 11.6. The molecular formula is C13H14BrNO4. The van der Waals surface area contributed by atoms with E-state index in [1.54, 1.807) is 0 Å². The van der Waals surface area contributed by atoms with Crippen LogP contribution in [0, 0.1) is 35.5 Å². The summed E-state index contributed by atoms with van der Waals surface area (Å²) in [7, 11) is 1.43. The Balaban J connectivity index is 1.44. The van der Waals surface area contributed by atoms with Gasteiger partial charge in [-0.3, -0.25) is 0 Å². The molecule has 102 valence electrons. The molecule has 19 heavy (non-hydrogen) atoms. The van der Waals surface area contributed by atoms with E-state index in [0.717, 1.165) is 0 Å². The number of rotatable bonds is 1. The Bertz CT molecular complexity index is 525. The zero-order valence-electron chi connectivity index (χ0n) is 10.4. The molecule has 1 amide bonds. The van der Waals surface area contributed by atoms with E-state index in [-0.39, 0.29) is 16.0 Å². The molecule has 6 aliphatic carbocycles. The van der Waals surface area contributed by atoms with Crippen molar-refractivity contribution in [2.45, 2.75) is 15.7 Å². The number of halogens is 1. The first kappa shape index (κ1) is 10.4. The Labute approximate surface area is 118 Å². The number of carbonyl (C=O) groups excluding carboxylic acids is 1. The van der Waals surface area contributed by atoms with Crippen molar-refractivity contribution in [3.63, 3.8) is 0 Å². The van der Waals surface area contributed by atoms with Crippen molar-refractivity contribution in [1.82, 2.24) is 5.32 Å². The van der Waals surface area contributed by atoms with Crippen LogP contribution in [0.1, 0.15) is 0 Å². The first-order valence-electron chi connectivity index (χ1n) is 6.97. The molecule has 1 N–H and O–H groups in total. The van der Waals surface area contributed by atoms with E-state index in [1.165, 1.54) is 7.11 Å². The third-order valence-electron chi connectivity index (χ3n) is 7.14. The number of ether oxygens (including phenoxy) is 3. The maximum atomic E-state index is 11.6. The lowest BCUT2D eigenvalue weighted by Crippen LogP contribution is -2.99. The SMILES string of the molecule is COC(=O)NC12C3[C@@H]4[C@H]1C1[C@@H]2[C@@H]3C4(Br)C12OCCO2. The molecular weight excluding hydrogens is 314 g/mol. The van der Waals surface area contributed by atoms with E-state index in [4.69, 9.17) is 14.2 Å². The molecule has 1 heterocycles. The van der Waals surface area contributed by atoms with Crippen LogP contribution in [0.25, 0.3) is 0 Å². The van der Waals surface area contributed by atoms with Crippen LogP contribution in [0.3, 0.4) is 0 Å². The summed E-state index contributed by atoms with van der Waals surface area (Å²) in [5.41, 5.74) is 0.0170. The zero-order valence-corrected chi connectivity index (χ0v) is 12.0. The number of methoxy groups -OCH3 is 1. The van der Waals surface area contributed by atoms with Gasteiger partial charge in [-0.1, -0.05) is 15.9 Å². The molecule has 7 fully saturated rings. The summed E-state index contributed by atoms with van der Waals surface area (Å²) in [6, 6.07) is 0. The van der Waals surface area contributed by atoms with E-state index < -0.39 is 5.79 Å². The zero-order chi connectivity index (χ0) is 12.8. The van der Waals surface area contributed by atoms with Crippen LogP contribution in [0.5, 0.6) is 0 Å². The molecule has 1 saturated heterocycles. The third-order valence-corrected chi connectivity index (χ3v) is 8.75. The number of nitrogens with one attached hydrogen (secondary N) is 1. The average Bonchev–Trinajstić information content (AvgIpc) is 2.95. The van der Waals surface area contributed by atoms with Gasteiger partial charge in [-0.2, -0.15) is 0 Å². The van der Waals surface area contributed by atoms with Crippen molar-refractivity contribution in [3.05, 3.63) is 0 Å². The smallest absolute Gasteiger partial charge is 0.407 e. The summed E-state index contributed by atoms with van der Waals surface area (Å²) in [6.45, 7) is 1.40. The fourth-order valence-corrected chi connectivity index (χ4v) is 8.73. The van der Waals surface area contributed by atoms with Gasteiger partial charge in [0.25, 0.3) is 0 Å². The van der Waals surface area contributed by atoms with Gasteiger partial charge in [-0.25, -0.2) is 4.79 Å². The molecule has 0 aromatic heterocycles. The Morgan fingerprint density at radius 1 is 1.16 bits per heavy atom. The fraction of sp³-hybridized carbons (Fsp3) is 0.923. The quantitative estimate of drug-likeness (QED) is 0.721. The van der Waals surface area contributed by atoms with Gasteiger partial charge >= 0.3 is 6.09 Å². The van der Waals surface area contributed by atoms with Crippen molar-refractivity contribution < 1.29 is 19.0 Å². The topological polar surface area (TPSA) is 56.8 Å². The Hall–Kier alpha value is -0.330. The molecule has 5 nitrogen and oxygen atoms in total. The minimum atomic E-state index is -0.397. The number of alkyl halides is 1. The largest absolute Gasteiger partial charge is 0.453 e. The highest BCUT2D eigenvalue weighted by Crippen LogP contribution is 3.01. The van der Waals surface area contributed by atoms with Crippen molar-refractivity contribution in [3.8, 4) is 0 Å². The van der Waals surface area contributed by atoms with Crippen LogP contribution in [-0.2, 0) is 14.2 Å². The van der Waals surface area contributed by atoms with Gasteiger partial charge in [0.2, 0.25) is 0 Å². The minimum Gasteiger partial charge on any atom is -0.453 e. The monoisotopic (exact) mass is 327 g/mol. The summed E-state index contributed by atoms with van der Waals surface area (Å²) in [6.07, 6.45) is -0.290. The highest BCUT2D eigenvalue weighted by atomic mass is 79.9. The van der Waals surface area contributed by atoms with Gasteiger partial charge in [0.15, 0.2) is 5.79 Å². The molecule has 6 saturated carbocycles. The van der Waals surface area contributed by atoms with E-state index in [1.807, 2.05) is 0 Å². The molecule has 1 spiro atoms. The van der Waals surface area contributed by atoms with E-state index in [9.17, 15) is 4.79 Å². The molecule has 6 heteroatoms. The number of hydrogen-bond acceptors (Lipinski definition) is 4. The second-order valence-electron chi connectivity index (χ2n) is 6.84. The predicted molar refractivity (Wildman–Crippen MR) is 65.5 cm³/mol. The van der Waals surface area contributed by atoms with E-state index in [0.29, 0.717) is 48.7 Å². The van der Waals surface area contributed by atoms with Crippen LogP contribution in [-0.4, -0.2) is 42.1 Å². The molecule has 4 atom stereocenters. The molecule has 0 radical (unpaired) electrons. The maximum Gasteiger partial charge on any atom is 0.407 e. The van der Waals surface area contributed by atoms with Gasteiger partial charge in [-0.05, 0) is 29.6 Å². The number of amides is 1. The molecule has 7 aliphatic rings. The van der Waals surface area contributed by atoms with Crippen LogP contribution < -0.4 is 5.32 Å². The second kappa shape index (κ2) is 2.46.